The molecule has 1 fully saturated rings. The van der Waals surface area contributed by atoms with Crippen molar-refractivity contribution in [2.75, 3.05) is 0 Å². The van der Waals surface area contributed by atoms with Crippen LogP contribution in [0.25, 0.3) is 0 Å². The number of carboxylic acid groups (broad SMARTS) is 1. The van der Waals surface area contributed by atoms with Gasteiger partial charge in [0, 0.05) is 0 Å². The summed E-state index contributed by atoms with van der Waals surface area (Å²) in [6.07, 6.45) is 3.38. The predicted molar refractivity (Wildman–Crippen MR) is 56.8 cm³/mol. The molecule has 0 heterocycles. The van der Waals surface area contributed by atoms with Crippen molar-refractivity contribution in [3.8, 4) is 0 Å². The van der Waals surface area contributed by atoms with E-state index in [1.165, 1.54) is 0 Å². The average molecular weight is 244 g/mol. The van der Waals surface area contributed by atoms with Crippen LogP contribution in [0.15, 0.2) is 0 Å². The van der Waals surface area contributed by atoms with Crippen LogP contribution in [0.2, 0.25) is 0 Å². The van der Waals surface area contributed by atoms with Crippen molar-refractivity contribution in [2.45, 2.75) is 32.1 Å². The highest BCUT2D eigenvalue weighted by Crippen LogP contribution is 2.36. The van der Waals surface area contributed by atoms with Crippen molar-refractivity contribution in [1.29, 1.82) is 0 Å². The molecule has 0 radical (unpaired) electrons. The maximum atomic E-state index is 11.0. The highest BCUT2D eigenvalue weighted by molar-refractivity contribution is 6.01. The second kappa shape index (κ2) is 6.09. The van der Waals surface area contributed by atoms with E-state index in [1.54, 1.807) is 0 Å². The minimum absolute atomic E-state index is 0. The normalized spacial score (nSPS) is 18.6. The molecule has 0 aliphatic heterocycles. The Bertz CT molecular complexity index is 199. The van der Waals surface area contributed by atoms with Crippen LogP contribution < -0.4 is 5.73 Å². The van der Waals surface area contributed by atoms with E-state index in [4.69, 9.17) is 10.8 Å². The van der Waals surface area contributed by atoms with E-state index in [9.17, 15) is 9.59 Å². The van der Waals surface area contributed by atoms with Crippen molar-refractivity contribution in [2.24, 2.45) is 11.1 Å². The molecule has 0 spiro atoms. The van der Waals surface area contributed by atoms with Crippen LogP contribution >= 0.6 is 24.8 Å². The monoisotopic (exact) mass is 243 g/mol. The Balaban J connectivity index is 0. The zero-order valence-electron chi connectivity index (χ0n) is 7.69. The summed E-state index contributed by atoms with van der Waals surface area (Å²) in [5, 5.41) is 8.86. The zero-order valence-corrected chi connectivity index (χ0v) is 9.33. The summed E-state index contributed by atoms with van der Waals surface area (Å²) in [5.41, 5.74) is 3.82. The molecule has 3 N–H and O–H groups in total. The van der Waals surface area contributed by atoms with Crippen LogP contribution in [0.3, 0.4) is 0 Å². The van der Waals surface area contributed by atoms with E-state index in [1.807, 2.05) is 0 Å². The van der Waals surface area contributed by atoms with E-state index < -0.39 is 17.3 Å². The third kappa shape index (κ3) is 2.75. The summed E-state index contributed by atoms with van der Waals surface area (Å²) in [6, 6.07) is 0. The largest absolute Gasteiger partial charge is 0.480 e. The molecule has 4 nitrogen and oxygen atoms in total. The predicted octanol–water partition coefficient (Wildman–Crippen LogP) is 1.35. The Kier molecular flexibility index (Phi) is 6.94. The molecule has 6 heteroatoms. The third-order valence-corrected chi connectivity index (χ3v) is 2.59. The average Bonchev–Trinajstić information content (AvgIpc) is 2.05. The second-order valence-electron chi connectivity index (χ2n) is 3.31. The molecular formula is C8H15Cl2NO3. The molecule has 0 atom stereocenters. The van der Waals surface area contributed by atoms with Gasteiger partial charge in [0.15, 0.2) is 0 Å². The summed E-state index contributed by atoms with van der Waals surface area (Å²) >= 11 is 0. The minimum atomic E-state index is -1.27. The Morgan fingerprint density at radius 2 is 1.50 bits per heavy atom. The fourth-order valence-electron chi connectivity index (χ4n) is 1.72. The van der Waals surface area contributed by atoms with E-state index in [2.05, 4.69) is 0 Å². The molecule has 0 aromatic rings. The first-order valence-electron chi connectivity index (χ1n) is 4.13. The highest BCUT2D eigenvalue weighted by Gasteiger charge is 2.45. The van der Waals surface area contributed by atoms with Gasteiger partial charge in [0.2, 0.25) is 5.91 Å². The molecule has 0 bridgehead atoms. The quantitative estimate of drug-likeness (QED) is 0.719. The van der Waals surface area contributed by atoms with Crippen molar-refractivity contribution in [1.82, 2.24) is 0 Å². The molecule has 0 saturated heterocycles. The SMILES string of the molecule is Cl.Cl.NC(=O)C1(C(=O)O)CCCCC1. The van der Waals surface area contributed by atoms with Crippen LogP contribution in [0.1, 0.15) is 32.1 Å². The minimum Gasteiger partial charge on any atom is -0.480 e. The van der Waals surface area contributed by atoms with Crippen LogP contribution in [0.5, 0.6) is 0 Å². The Hall–Kier alpha value is -0.480. The number of rotatable bonds is 2. The van der Waals surface area contributed by atoms with Gasteiger partial charge in [-0.1, -0.05) is 19.3 Å². The smallest absolute Gasteiger partial charge is 0.319 e. The topological polar surface area (TPSA) is 80.4 Å². The van der Waals surface area contributed by atoms with Gasteiger partial charge in [-0.05, 0) is 12.8 Å². The lowest BCUT2D eigenvalue weighted by molar-refractivity contribution is -0.157. The molecule has 1 rings (SSSR count). The van der Waals surface area contributed by atoms with Gasteiger partial charge in [0.1, 0.15) is 5.41 Å². The van der Waals surface area contributed by atoms with Gasteiger partial charge in [-0.2, -0.15) is 0 Å². The van der Waals surface area contributed by atoms with Crippen molar-refractivity contribution in [3.05, 3.63) is 0 Å². The van der Waals surface area contributed by atoms with Crippen molar-refractivity contribution >= 4 is 36.7 Å². The molecule has 14 heavy (non-hydrogen) atoms. The van der Waals surface area contributed by atoms with Crippen molar-refractivity contribution < 1.29 is 14.7 Å². The summed E-state index contributed by atoms with van der Waals surface area (Å²) in [4.78, 5) is 21.8. The van der Waals surface area contributed by atoms with Crippen LogP contribution in [0.4, 0.5) is 0 Å². The standard InChI is InChI=1S/C8H13NO3.2ClH/c9-6(10)8(7(11)12)4-2-1-3-5-8;;/h1-5H2,(H2,9,10)(H,11,12);2*1H. The van der Waals surface area contributed by atoms with Gasteiger partial charge in [0.25, 0.3) is 0 Å². The van der Waals surface area contributed by atoms with Gasteiger partial charge in [-0.3, -0.25) is 9.59 Å². The number of carboxylic acids is 1. The van der Waals surface area contributed by atoms with Gasteiger partial charge < -0.3 is 10.8 Å². The lowest BCUT2D eigenvalue weighted by atomic mass is 9.73. The number of hydrogen-bond donors (Lipinski definition) is 2. The van der Waals surface area contributed by atoms with Crippen LogP contribution in [-0.2, 0) is 9.59 Å². The second-order valence-corrected chi connectivity index (χ2v) is 3.31. The van der Waals surface area contributed by atoms with E-state index in [-0.39, 0.29) is 24.8 Å². The van der Waals surface area contributed by atoms with Gasteiger partial charge in [-0.25, -0.2) is 0 Å². The van der Waals surface area contributed by atoms with E-state index in [0.29, 0.717) is 12.8 Å². The van der Waals surface area contributed by atoms with Crippen molar-refractivity contribution in [3.63, 3.8) is 0 Å². The zero-order chi connectivity index (χ0) is 9.19. The number of halogens is 2. The third-order valence-electron chi connectivity index (χ3n) is 2.59. The molecule has 1 amide bonds. The number of hydrogen-bond acceptors (Lipinski definition) is 2. The number of amides is 1. The van der Waals surface area contributed by atoms with Crippen LogP contribution in [0, 0.1) is 5.41 Å². The van der Waals surface area contributed by atoms with Gasteiger partial charge in [-0.15, -0.1) is 24.8 Å². The fourth-order valence-corrected chi connectivity index (χ4v) is 1.72. The Morgan fingerprint density at radius 3 is 1.71 bits per heavy atom. The van der Waals surface area contributed by atoms with Gasteiger partial charge in [0.05, 0.1) is 0 Å². The molecule has 1 aliphatic rings. The molecule has 1 aliphatic carbocycles. The first-order valence-corrected chi connectivity index (χ1v) is 4.13. The highest BCUT2D eigenvalue weighted by atomic mass is 35.5. The van der Waals surface area contributed by atoms with Crippen LogP contribution in [-0.4, -0.2) is 17.0 Å². The van der Waals surface area contributed by atoms with Gasteiger partial charge >= 0.3 is 5.97 Å². The molecule has 0 unspecified atom stereocenters. The lowest BCUT2D eigenvalue weighted by Gasteiger charge is -2.29. The number of primary amides is 1. The summed E-state index contributed by atoms with van der Waals surface area (Å²) in [5.74, 6) is -1.75. The Labute approximate surface area is 95.1 Å². The molecule has 0 aromatic heterocycles. The molecular weight excluding hydrogens is 229 g/mol. The molecule has 84 valence electrons. The number of nitrogens with two attached hydrogens (primary N) is 1. The lowest BCUT2D eigenvalue weighted by Crippen LogP contribution is -2.45. The number of carbonyl (C=O) groups is 2. The summed E-state index contributed by atoms with van der Waals surface area (Å²) in [7, 11) is 0. The molecule has 1 saturated carbocycles. The van der Waals surface area contributed by atoms with E-state index in [0.717, 1.165) is 19.3 Å². The van der Waals surface area contributed by atoms with E-state index >= 15 is 0 Å². The number of carbonyl (C=O) groups excluding carboxylic acids is 1. The summed E-state index contributed by atoms with van der Waals surface area (Å²) in [6.45, 7) is 0. The number of aliphatic carboxylic acids is 1. The fraction of sp³-hybridized carbons (Fsp3) is 0.750. The molecule has 0 aromatic carbocycles. The first kappa shape index (κ1) is 16.0. The maximum Gasteiger partial charge on any atom is 0.319 e. The Morgan fingerprint density at radius 1 is 1.07 bits per heavy atom. The maximum absolute atomic E-state index is 11.0. The summed E-state index contributed by atoms with van der Waals surface area (Å²) < 4.78 is 0. The first-order chi connectivity index (χ1) is 5.59.